The molecule has 2 heterocycles. The van der Waals surface area contributed by atoms with Crippen molar-refractivity contribution in [2.75, 3.05) is 11.9 Å². The van der Waals surface area contributed by atoms with Gasteiger partial charge in [0.25, 0.3) is 5.56 Å². The number of hydrogen-bond acceptors (Lipinski definition) is 7. The first kappa shape index (κ1) is 26.6. The number of ether oxygens (including phenoxy) is 1. The fraction of sp³-hybridized carbons (Fsp3) is 0.286. The minimum Gasteiger partial charge on any atom is -0.462 e. The van der Waals surface area contributed by atoms with Crippen LogP contribution in [0.5, 0.6) is 0 Å². The second-order valence-corrected chi connectivity index (χ2v) is 10.8. The topological polar surface area (TPSA) is 90.3 Å². The molecule has 4 rings (SSSR count). The Hall–Kier alpha value is -3.43. The normalized spacial score (nSPS) is 11.9. The maximum absolute atomic E-state index is 13.3. The zero-order valence-corrected chi connectivity index (χ0v) is 22.7. The van der Waals surface area contributed by atoms with E-state index >= 15 is 0 Å². The van der Waals surface area contributed by atoms with Gasteiger partial charge in [0.15, 0.2) is 5.16 Å². The first-order valence-electron chi connectivity index (χ1n) is 12.3. The van der Waals surface area contributed by atoms with Gasteiger partial charge < -0.3 is 10.1 Å². The SMILES string of the molecule is CCCCn1c(S[C@H](C)C(=O)Nc2sc(-c3ccccc3)cc2C(=O)OCC)nc2ccccc2c1=O. The van der Waals surface area contributed by atoms with Gasteiger partial charge in [-0.05, 0) is 44.0 Å². The molecular weight excluding hydrogens is 506 g/mol. The molecule has 0 radical (unpaired) electrons. The number of fused-ring (bicyclic) bond motifs is 1. The Balaban J connectivity index is 1.61. The third-order valence-corrected chi connectivity index (χ3v) is 7.93. The molecule has 4 aromatic rings. The van der Waals surface area contributed by atoms with E-state index in [1.807, 2.05) is 42.5 Å². The van der Waals surface area contributed by atoms with Crippen LogP contribution in [-0.2, 0) is 16.1 Å². The van der Waals surface area contributed by atoms with Gasteiger partial charge in [0.05, 0.1) is 28.3 Å². The third kappa shape index (κ3) is 6.11. The molecule has 7 nitrogen and oxygen atoms in total. The van der Waals surface area contributed by atoms with Gasteiger partial charge >= 0.3 is 5.97 Å². The largest absolute Gasteiger partial charge is 0.462 e. The Morgan fingerprint density at radius 2 is 1.84 bits per heavy atom. The number of aromatic nitrogens is 2. The molecule has 0 spiro atoms. The van der Waals surface area contributed by atoms with Gasteiger partial charge in [-0.2, -0.15) is 0 Å². The molecule has 1 N–H and O–H groups in total. The van der Waals surface area contributed by atoms with Gasteiger partial charge in [-0.1, -0.05) is 67.6 Å². The van der Waals surface area contributed by atoms with E-state index in [9.17, 15) is 14.4 Å². The number of nitrogens with one attached hydrogen (secondary N) is 1. The minimum atomic E-state index is -0.571. The van der Waals surface area contributed by atoms with Gasteiger partial charge in [-0.15, -0.1) is 11.3 Å². The Labute approximate surface area is 223 Å². The highest BCUT2D eigenvalue weighted by Crippen LogP contribution is 2.36. The highest BCUT2D eigenvalue weighted by molar-refractivity contribution is 8.00. The summed E-state index contributed by atoms with van der Waals surface area (Å²) >= 11 is 2.56. The number of anilines is 1. The number of rotatable bonds is 10. The molecule has 0 fully saturated rings. The first-order chi connectivity index (χ1) is 17.9. The van der Waals surface area contributed by atoms with Gasteiger partial charge in [-0.25, -0.2) is 9.78 Å². The van der Waals surface area contributed by atoms with Crippen LogP contribution in [0, 0.1) is 0 Å². The monoisotopic (exact) mass is 535 g/mol. The number of carbonyl (C=O) groups is 2. The lowest BCUT2D eigenvalue weighted by atomic mass is 10.1. The zero-order valence-electron chi connectivity index (χ0n) is 21.0. The molecule has 2 aromatic heterocycles. The molecule has 37 heavy (non-hydrogen) atoms. The number of nitrogens with zero attached hydrogens (tertiary/aromatic N) is 2. The predicted octanol–water partition coefficient (Wildman–Crippen LogP) is 6.22. The van der Waals surface area contributed by atoms with E-state index in [2.05, 4.69) is 12.2 Å². The van der Waals surface area contributed by atoms with Gasteiger partial charge in [-0.3, -0.25) is 14.2 Å². The fourth-order valence-electron chi connectivity index (χ4n) is 3.77. The van der Waals surface area contributed by atoms with Crippen molar-refractivity contribution in [3.63, 3.8) is 0 Å². The van der Waals surface area contributed by atoms with Crippen molar-refractivity contribution in [3.05, 3.63) is 76.6 Å². The number of para-hydroxylation sites is 1. The molecule has 0 saturated heterocycles. The first-order valence-corrected chi connectivity index (χ1v) is 14.0. The summed E-state index contributed by atoms with van der Waals surface area (Å²) in [6, 6.07) is 18.7. The van der Waals surface area contributed by atoms with Gasteiger partial charge in [0.1, 0.15) is 5.00 Å². The van der Waals surface area contributed by atoms with E-state index in [4.69, 9.17) is 9.72 Å². The zero-order chi connectivity index (χ0) is 26.4. The highest BCUT2D eigenvalue weighted by atomic mass is 32.2. The van der Waals surface area contributed by atoms with Gasteiger partial charge in [0.2, 0.25) is 5.91 Å². The summed E-state index contributed by atoms with van der Waals surface area (Å²) < 4.78 is 6.88. The number of amides is 1. The van der Waals surface area contributed by atoms with Crippen LogP contribution in [-0.4, -0.2) is 33.3 Å². The molecule has 2 aromatic carbocycles. The molecule has 0 aliphatic carbocycles. The van der Waals surface area contributed by atoms with E-state index in [0.717, 1.165) is 23.3 Å². The van der Waals surface area contributed by atoms with Crippen molar-refractivity contribution in [2.24, 2.45) is 0 Å². The number of thioether (sulfide) groups is 1. The standard InChI is InChI=1S/C28H29N3O4S2/c1-4-6-16-31-26(33)20-14-10-11-15-22(20)29-28(31)36-18(3)24(32)30-25-21(27(34)35-5-2)17-23(37-25)19-12-8-7-9-13-19/h7-15,17-18H,4-6,16H2,1-3H3,(H,30,32)/t18-/m1/s1. The smallest absolute Gasteiger partial charge is 0.341 e. The summed E-state index contributed by atoms with van der Waals surface area (Å²) in [5.41, 5.74) is 1.76. The van der Waals surface area contributed by atoms with Crippen LogP contribution < -0.4 is 10.9 Å². The fourth-order valence-corrected chi connectivity index (χ4v) is 5.75. The maximum Gasteiger partial charge on any atom is 0.341 e. The summed E-state index contributed by atoms with van der Waals surface area (Å²) in [5.74, 6) is -0.775. The van der Waals surface area contributed by atoms with Crippen LogP contribution in [0.2, 0.25) is 0 Å². The number of thiophene rings is 1. The van der Waals surface area contributed by atoms with E-state index in [1.54, 1.807) is 36.6 Å². The molecule has 1 amide bonds. The lowest BCUT2D eigenvalue weighted by molar-refractivity contribution is -0.115. The number of carbonyl (C=O) groups excluding carboxylic acids is 2. The second-order valence-electron chi connectivity index (χ2n) is 8.41. The van der Waals surface area contributed by atoms with Crippen molar-refractivity contribution in [1.82, 2.24) is 9.55 Å². The number of benzene rings is 2. The molecule has 192 valence electrons. The van der Waals surface area contributed by atoms with Crippen molar-refractivity contribution in [2.45, 2.75) is 50.6 Å². The van der Waals surface area contributed by atoms with E-state index < -0.39 is 11.2 Å². The van der Waals surface area contributed by atoms with E-state index in [1.165, 1.54) is 23.1 Å². The molecule has 0 unspecified atom stereocenters. The highest BCUT2D eigenvalue weighted by Gasteiger charge is 2.24. The molecular formula is C28H29N3O4S2. The molecule has 0 aliphatic rings. The molecule has 1 atom stereocenters. The van der Waals surface area contributed by atoms with Crippen LogP contribution in [0.3, 0.4) is 0 Å². The average Bonchev–Trinajstić information content (AvgIpc) is 3.33. The predicted molar refractivity (Wildman–Crippen MR) is 151 cm³/mol. The van der Waals surface area contributed by atoms with Crippen molar-refractivity contribution >= 4 is 50.9 Å². The summed E-state index contributed by atoms with van der Waals surface area (Å²) in [4.78, 5) is 44.6. The Morgan fingerprint density at radius 1 is 1.11 bits per heavy atom. The summed E-state index contributed by atoms with van der Waals surface area (Å²) in [7, 11) is 0. The van der Waals surface area contributed by atoms with Crippen molar-refractivity contribution in [1.29, 1.82) is 0 Å². The minimum absolute atomic E-state index is 0.107. The second kappa shape index (κ2) is 12.2. The Bertz CT molecular complexity index is 1460. The molecule has 0 saturated carbocycles. The van der Waals surface area contributed by atoms with Crippen LogP contribution in [0.15, 0.2) is 70.6 Å². The molecule has 0 bridgehead atoms. The molecule has 9 heteroatoms. The van der Waals surface area contributed by atoms with Crippen LogP contribution in [0.4, 0.5) is 5.00 Å². The van der Waals surface area contributed by atoms with Crippen molar-refractivity contribution < 1.29 is 14.3 Å². The third-order valence-electron chi connectivity index (χ3n) is 5.74. The summed E-state index contributed by atoms with van der Waals surface area (Å²) in [5, 5.41) is 3.84. The van der Waals surface area contributed by atoms with Crippen LogP contribution in [0.25, 0.3) is 21.3 Å². The van der Waals surface area contributed by atoms with E-state index in [0.29, 0.717) is 33.2 Å². The molecule has 0 aliphatic heterocycles. The van der Waals surface area contributed by atoms with Crippen molar-refractivity contribution in [3.8, 4) is 10.4 Å². The Morgan fingerprint density at radius 3 is 2.57 bits per heavy atom. The Kier molecular flexibility index (Phi) is 8.78. The van der Waals surface area contributed by atoms with Crippen LogP contribution >= 0.6 is 23.1 Å². The maximum atomic E-state index is 13.3. The number of unbranched alkanes of at least 4 members (excludes halogenated alkanes) is 1. The van der Waals surface area contributed by atoms with E-state index in [-0.39, 0.29) is 18.1 Å². The van der Waals surface area contributed by atoms with Crippen LogP contribution in [0.1, 0.15) is 44.0 Å². The lowest BCUT2D eigenvalue weighted by Gasteiger charge is -2.16. The quantitative estimate of drug-likeness (QED) is 0.147. The average molecular weight is 536 g/mol. The summed E-state index contributed by atoms with van der Waals surface area (Å²) in [6.45, 7) is 6.34. The van der Waals surface area contributed by atoms with Gasteiger partial charge in [0, 0.05) is 11.4 Å². The number of esters is 1. The lowest BCUT2D eigenvalue weighted by Crippen LogP contribution is -2.27. The summed E-state index contributed by atoms with van der Waals surface area (Å²) in [6.07, 6.45) is 1.76. The number of hydrogen-bond donors (Lipinski definition) is 1.